The zero-order valence-electron chi connectivity index (χ0n) is 11.6. The van der Waals surface area contributed by atoms with Crippen LogP contribution in [0, 0.1) is 5.41 Å². The number of halogens is 1. The fourth-order valence-corrected chi connectivity index (χ4v) is 1.72. The number of aromatic nitrogens is 3. The molecule has 0 saturated heterocycles. The zero-order valence-corrected chi connectivity index (χ0v) is 12.4. The quantitative estimate of drug-likeness (QED) is 0.763. The van der Waals surface area contributed by atoms with Gasteiger partial charge in [0, 0.05) is 13.2 Å². The molecule has 0 saturated carbocycles. The van der Waals surface area contributed by atoms with Gasteiger partial charge in [-0.3, -0.25) is 0 Å². The number of hydrogen-bond acceptors (Lipinski definition) is 6. The summed E-state index contributed by atoms with van der Waals surface area (Å²) >= 11 is 5.80. The van der Waals surface area contributed by atoms with E-state index in [4.69, 9.17) is 21.4 Å². The first-order valence-corrected chi connectivity index (χ1v) is 6.74. The minimum Gasteiger partial charge on any atom is -0.464 e. The van der Waals surface area contributed by atoms with E-state index in [1.54, 1.807) is 0 Å². The second-order valence-electron chi connectivity index (χ2n) is 4.99. The maximum Gasteiger partial charge on any atom is 0.322 e. The molecule has 0 amide bonds. The molecule has 0 aliphatic carbocycles. The third-order valence-corrected chi connectivity index (χ3v) is 2.77. The Balaban J connectivity index is 2.61. The second kappa shape index (κ2) is 7.45. The molecule has 108 valence electrons. The molecule has 7 heteroatoms. The van der Waals surface area contributed by atoms with Crippen LogP contribution in [0.4, 0.5) is 5.95 Å². The molecule has 19 heavy (non-hydrogen) atoms. The van der Waals surface area contributed by atoms with Gasteiger partial charge in [-0.25, -0.2) is 0 Å². The van der Waals surface area contributed by atoms with Crippen molar-refractivity contribution in [2.45, 2.75) is 33.6 Å². The topological polar surface area (TPSA) is 80.2 Å². The van der Waals surface area contributed by atoms with Gasteiger partial charge in [0.1, 0.15) is 0 Å². The number of hydrogen-bond donors (Lipinski definition) is 2. The van der Waals surface area contributed by atoms with Gasteiger partial charge >= 0.3 is 6.01 Å². The van der Waals surface area contributed by atoms with Crippen LogP contribution in [0.5, 0.6) is 6.01 Å². The van der Waals surface area contributed by atoms with E-state index in [1.165, 1.54) is 0 Å². The number of aliphatic hydroxyl groups is 1. The molecular weight excluding hydrogens is 268 g/mol. The Labute approximate surface area is 118 Å². The van der Waals surface area contributed by atoms with Crippen molar-refractivity contribution in [3.63, 3.8) is 0 Å². The van der Waals surface area contributed by atoms with Crippen LogP contribution in [-0.4, -0.2) is 39.8 Å². The Morgan fingerprint density at radius 1 is 1.32 bits per heavy atom. The summed E-state index contributed by atoms with van der Waals surface area (Å²) in [4.78, 5) is 12.0. The minimum atomic E-state index is 0.0353. The number of ether oxygens (including phenoxy) is 1. The van der Waals surface area contributed by atoms with E-state index < -0.39 is 0 Å². The number of nitrogens with one attached hydrogen (secondary N) is 1. The molecule has 1 heterocycles. The lowest BCUT2D eigenvalue weighted by Crippen LogP contribution is -2.24. The Bertz CT molecular complexity index is 401. The average molecular weight is 289 g/mol. The predicted molar refractivity (Wildman–Crippen MR) is 74.6 cm³/mol. The molecule has 0 spiro atoms. The SMILES string of the molecule is CCOc1nc(Cl)nc(NCC(C)(C)CCCO)n1. The summed E-state index contributed by atoms with van der Waals surface area (Å²) < 4.78 is 5.20. The molecule has 2 N–H and O–H groups in total. The highest BCUT2D eigenvalue weighted by atomic mass is 35.5. The molecule has 1 rings (SSSR count). The second-order valence-corrected chi connectivity index (χ2v) is 5.33. The highest BCUT2D eigenvalue weighted by Crippen LogP contribution is 2.22. The Morgan fingerprint density at radius 3 is 2.68 bits per heavy atom. The third kappa shape index (κ3) is 6.02. The molecule has 0 radical (unpaired) electrons. The van der Waals surface area contributed by atoms with Crippen molar-refractivity contribution in [1.82, 2.24) is 15.0 Å². The van der Waals surface area contributed by atoms with E-state index >= 15 is 0 Å². The first-order valence-electron chi connectivity index (χ1n) is 6.36. The lowest BCUT2D eigenvalue weighted by atomic mass is 9.88. The van der Waals surface area contributed by atoms with E-state index in [0.717, 1.165) is 12.8 Å². The molecule has 0 unspecified atom stereocenters. The average Bonchev–Trinajstić information content (AvgIpc) is 2.34. The molecular formula is C12H21ClN4O2. The predicted octanol–water partition coefficient (Wildman–Crippen LogP) is 2.13. The standard InChI is InChI=1S/C12H21ClN4O2/c1-4-19-11-16-9(13)15-10(17-11)14-8-12(2,3)6-5-7-18/h18H,4-8H2,1-3H3,(H,14,15,16,17). The zero-order chi connectivity index (χ0) is 14.3. The van der Waals surface area contributed by atoms with Gasteiger partial charge in [-0.15, -0.1) is 0 Å². The van der Waals surface area contributed by atoms with E-state index in [0.29, 0.717) is 19.1 Å². The van der Waals surface area contributed by atoms with Crippen molar-refractivity contribution < 1.29 is 9.84 Å². The van der Waals surface area contributed by atoms with Crippen molar-refractivity contribution in [2.75, 3.05) is 25.1 Å². The number of rotatable bonds is 8. The van der Waals surface area contributed by atoms with Crippen molar-refractivity contribution in [3.8, 4) is 6.01 Å². The van der Waals surface area contributed by atoms with Crippen LogP contribution in [0.1, 0.15) is 33.6 Å². The fourth-order valence-electron chi connectivity index (χ4n) is 1.57. The van der Waals surface area contributed by atoms with Crippen molar-refractivity contribution in [1.29, 1.82) is 0 Å². The van der Waals surface area contributed by atoms with Crippen LogP contribution in [0.25, 0.3) is 0 Å². The molecule has 0 bridgehead atoms. The highest BCUT2D eigenvalue weighted by molar-refractivity contribution is 6.28. The van der Waals surface area contributed by atoms with Gasteiger partial charge in [0.15, 0.2) is 0 Å². The Kier molecular flexibility index (Phi) is 6.24. The maximum atomic E-state index is 8.86. The van der Waals surface area contributed by atoms with E-state index in [9.17, 15) is 0 Å². The molecule has 0 aliphatic rings. The summed E-state index contributed by atoms with van der Waals surface area (Å²) in [6, 6.07) is 0.221. The van der Waals surface area contributed by atoms with Gasteiger partial charge < -0.3 is 15.2 Å². The Morgan fingerprint density at radius 2 is 2.05 bits per heavy atom. The van der Waals surface area contributed by atoms with Crippen LogP contribution in [0.15, 0.2) is 0 Å². The van der Waals surface area contributed by atoms with Gasteiger partial charge in [0.2, 0.25) is 11.2 Å². The van der Waals surface area contributed by atoms with Crippen LogP contribution < -0.4 is 10.1 Å². The van der Waals surface area contributed by atoms with Crippen LogP contribution in [0.3, 0.4) is 0 Å². The fraction of sp³-hybridized carbons (Fsp3) is 0.750. The van der Waals surface area contributed by atoms with Gasteiger partial charge in [-0.1, -0.05) is 13.8 Å². The first-order chi connectivity index (χ1) is 8.96. The van der Waals surface area contributed by atoms with Crippen LogP contribution in [-0.2, 0) is 0 Å². The van der Waals surface area contributed by atoms with Crippen molar-refractivity contribution >= 4 is 17.5 Å². The monoisotopic (exact) mass is 288 g/mol. The molecule has 0 fully saturated rings. The lowest BCUT2D eigenvalue weighted by Gasteiger charge is -2.24. The molecule has 1 aromatic rings. The van der Waals surface area contributed by atoms with Crippen LogP contribution in [0.2, 0.25) is 5.28 Å². The van der Waals surface area contributed by atoms with Gasteiger partial charge in [-0.2, -0.15) is 15.0 Å². The summed E-state index contributed by atoms with van der Waals surface area (Å²) in [5.74, 6) is 0.403. The summed E-state index contributed by atoms with van der Waals surface area (Å²) in [7, 11) is 0. The first kappa shape index (κ1) is 15.9. The summed E-state index contributed by atoms with van der Waals surface area (Å²) in [5, 5.41) is 12.1. The molecule has 6 nitrogen and oxygen atoms in total. The minimum absolute atomic E-state index is 0.0353. The summed E-state index contributed by atoms with van der Waals surface area (Å²) in [6.45, 7) is 7.43. The number of aliphatic hydroxyl groups excluding tert-OH is 1. The van der Waals surface area contributed by atoms with E-state index in [-0.39, 0.29) is 23.3 Å². The van der Waals surface area contributed by atoms with E-state index in [1.807, 2.05) is 6.92 Å². The molecule has 1 aromatic heterocycles. The van der Waals surface area contributed by atoms with Crippen molar-refractivity contribution in [2.24, 2.45) is 5.41 Å². The number of nitrogens with zero attached hydrogens (tertiary/aromatic N) is 3. The normalized spacial score (nSPS) is 11.4. The van der Waals surface area contributed by atoms with Crippen molar-refractivity contribution in [3.05, 3.63) is 5.28 Å². The molecule has 0 atom stereocenters. The number of anilines is 1. The third-order valence-electron chi connectivity index (χ3n) is 2.60. The van der Waals surface area contributed by atoms with Gasteiger partial charge in [0.25, 0.3) is 0 Å². The largest absolute Gasteiger partial charge is 0.464 e. The smallest absolute Gasteiger partial charge is 0.322 e. The maximum absolute atomic E-state index is 8.86. The van der Waals surface area contributed by atoms with Crippen LogP contribution >= 0.6 is 11.6 Å². The molecule has 0 aromatic carbocycles. The molecule has 0 aliphatic heterocycles. The van der Waals surface area contributed by atoms with E-state index in [2.05, 4.69) is 34.1 Å². The highest BCUT2D eigenvalue weighted by Gasteiger charge is 2.18. The van der Waals surface area contributed by atoms with Gasteiger partial charge in [-0.05, 0) is 36.8 Å². The summed E-state index contributed by atoms with van der Waals surface area (Å²) in [6.07, 6.45) is 1.68. The van der Waals surface area contributed by atoms with Gasteiger partial charge in [0.05, 0.1) is 6.61 Å². The lowest BCUT2D eigenvalue weighted by molar-refractivity contribution is 0.247. The summed E-state index contributed by atoms with van der Waals surface area (Å²) in [5.41, 5.74) is 0.0353. The Hall–Kier alpha value is -1.14.